The Balaban J connectivity index is 2.01. The average molecular weight is 436 g/mol. The van der Waals surface area contributed by atoms with Gasteiger partial charge in [0.15, 0.2) is 5.82 Å². The van der Waals surface area contributed by atoms with Crippen molar-refractivity contribution in [2.45, 2.75) is 60.4 Å². The van der Waals surface area contributed by atoms with E-state index in [2.05, 4.69) is 62.4 Å². The molecule has 3 nitrogen and oxygen atoms in total. The average Bonchev–Trinajstić information content (AvgIpc) is 3.36. The fourth-order valence-electron chi connectivity index (χ4n) is 4.07. The highest BCUT2D eigenvalue weighted by Gasteiger charge is 2.25. The minimum absolute atomic E-state index is 0.940. The predicted octanol–water partition coefficient (Wildman–Crippen LogP) is 7.83. The number of hydrogen-bond acceptors (Lipinski definition) is 4. The van der Waals surface area contributed by atoms with Gasteiger partial charge in [0.1, 0.15) is 5.69 Å². The second-order valence-corrected chi connectivity index (χ2v) is 10.8. The zero-order valence-corrected chi connectivity index (χ0v) is 20.1. The first-order valence-corrected chi connectivity index (χ1v) is 12.3. The maximum Gasteiger partial charge on any atom is 0.159 e. The minimum atomic E-state index is 0.940. The zero-order chi connectivity index (χ0) is 21.3. The van der Waals surface area contributed by atoms with Crippen molar-refractivity contribution in [1.29, 1.82) is 0 Å². The van der Waals surface area contributed by atoms with Gasteiger partial charge >= 0.3 is 0 Å². The van der Waals surface area contributed by atoms with Gasteiger partial charge in [-0.2, -0.15) is 0 Å². The summed E-state index contributed by atoms with van der Waals surface area (Å²) >= 11 is 3.71. The summed E-state index contributed by atoms with van der Waals surface area (Å²) in [5, 5.41) is 0. The lowest BCUT2D eigenvalue weighted by Gasteiger charge is -2.13. The van der Waals surface area contributed by atoms with Crippen LogP contribution in [-0.2, 0) is 6.54 Å². The lowest BCUT2D eigenvalue weighted by atomic mass is 10.1. The van der Waals surface area contributed by atoms with Crippen LogP contribution >= 0.6 is 22.7 Å². The Morgan fingerprint density at radius 2 is 1.60 bits per heavy atom. The third kappa shape index (κ3) is 4.01. The number of unbranched alkanes of at least 4 members (excludes halogenated alkanes) is 2. The number of nitrogens with zero attached hydrogens (tertiary/aromatic N) is 3. The van der Waals surface area contributed by atoms with Crippen LogP contribution in [0.15, 0.2) is 36.5 Å². The molecule has 5 heteroatoms. The Morgan fingerprint density at radius 1 is 0.900 bits per heavy atom. The van der Waals surface area contributed by atoms with Crippen molar-refractivity contribution in [3.63, 3.8) is 0 Å². The fourth-order valence-corrected chi connectivity index (χ4v) is 5.92. The van der Waals surface area contributed by atoms with Crippen LogP contribution in [0, 0.1) is 27.7 Å². The molecule has 0 fully saturated rings. The van der Waals surface area contributed by atoms with E-state index in [1.165, 1.54) is 49.2 Å². The number of pyridine rings is 1. The highest BCUT2D eigenvalue weighted by Crippen LogP contribution is 2.42. The summed E-state index contributed by atoms with van der Waals surface area (Å²) in [5.74, 6) is 0.975. The van der Waals surface area contributed by atoms with E-state index >= 15 is 0 Å². The van der Waals surface area contributed by atoms with Crippen LogP contribution < -0.4 is 0 Å². The van der Waals surface area contributed by atoms with Crippen LogP contribution in [0.4, 0.5) is 0 Å². The topological polar surface area (TPSA) is 30.7 Å². The van der Waals surface area contributed by atoms with E-state index in [1.807, 2.05) is 41.0 Å². The minimum Gasteiger partial charge on any atom is -0.322 e. The molecule has 0 aliphatic heterocycles. The summed E-state index contributed by atoms with van der Waals surface area (Å²) in [6.07, 6.45) is 5.42. The van der Waals surface area contributed by atoms with E-state index in [9.17, 15) is 0 Å². The van der Waals surface area contributed by atoms with Gasteiger partial charge in [0.05, 0.1) is 11.4 Å². The van der Waals surface area contributed by atoms with E-state index in [1.54, 1.807) is 0 Å². The molecule has 156 valence electrons. The molecule has 4 aromatic heterocycles. The monoisotopic (exact) mass is 435 g/mol. The van der Waals surface area contributed by atoms with Crippen LogP contribution in [0.5, 0.6) is 0 Å². The van der Waals surface area contributed by atoms with Crippen molar-refractivity contribution in [3.05, 3.63) is 56.0 Å². The summed E-state index contributed by atoms with van der Waals surface area (Å²) in [4.78, 5) is 15.2. The molecule has 4 rings (SSSR count). The van der Waals surface area contributed by atoms with Crippen molar-refractivity contribution >= 4 is 22.7 Å². The first-order valence-electron chi connectivity index (χ1n) is 10.7. The molecule has 0 aliphatic carbocycles. The second-order valence-electron chi connectivity index (χ2n) is 7.86. The van der Waals surface area contributed by atoms with Crippen LogP contribution in [-0.4, -0.2) is 14.5 Å². The molecular formula is C25H29N3S2. The molecule has 0 bridgehead atoms. The Kier molecular flexibility index (Phi) is 6.21. The van der Waals surface area contributed by atoms with Crippen molar-refractivity contribution in [1.82, 2.24) is 14.5 Å². The molecule has 4 heterocycles. The van der Waals surface area contributed by atoms with Gasteiger partial charge in [0, 0.05) is 43.4 Å². The molecule has 0 saturated carbocycles. The maximum atomic E-state index is 5.24. The Bertz CT molecular complexity index is 1150. The van der Waals surface area contributed by atoms with Gasteiger partial charge in [-0.3, -0.25) is 4.98 Å². The van der Waals surface area contributed by atoms with E-state index in [-0.39, 0.29) is 0 Å². The van der Waals surface area contributed by atoms with Gasteiger partial charge in [0.25, 0.3) is 0 Å². The van der Waals surface area contributed by atoms with E-state index < -0.39 is 0 Å². The molecule has 0 atom stereocenters. The van der Waals surface area contributed by atoms with Gasteiger partial charge in [-0.15, -0.1) is 22.7 Å². The van der Waals surface area contributed by atoms with Gasteiger partial charge in [-0.1, -0.05) is 25.8 Å². The largest absolute Gasteiger partial charge is 0.322 e. The molecule has 0 unspecified atom stereocenters. The quantitative estimate of drug-likeness (QED) is 0.277. The summed E-state index contributed by atoms with van der Waals surface area (Å²) in [5.41, 5.74) is 5.84. The van der Waals surface area contributed by atoms with Gasteiger partial charge in [0.2, 0.25) is 0 Å². The molecule has 0 N–H and O–H groups in total. The third-order valence-electron chi connectivity index (χ3n) is 5.44. The number of aryl methyl sites for hydroxylation is 4. The van der Waals surface area contributed by atoms with Crippen molar-refractivity contribution < 1.29 is 0 Å². The highest BCUT2D eigenvalue weighted by molar-refractivity contribution is 7.12. The van der Waals surface area contributed by atoms with Gasteiger partial charge in [-0.05, 0) is 58.4 Å². The lowest BCUT2D eigenvalue weighted by molar-refractivity contribution is 0.609. The first kappa shape index (κ1) is 21.0. The SMILES string of the molecule is CCCCCn1c(-c2ccccn2)nc(-c2cc(C)sc2C)c1-c1cc(C)sc1C. The first-order chi connectivity index (χ1) is 14.5. The number of imidazole rings is 1. The smallest absolute Gasteiger partial charge is 0.159 e. The predicted molar refractivity (Wildman–Crippen MR) is 131 cm³/mol. The standard InChI is InChI=1S/C25H29N3S2/c1-6-7-10-13-28-24(21-15-17(3)30-19(21)5)23(20-14-16(2)29-18(20)4)27-25(28)22-11-8-9-12-26-22/h8-9,11-12,14-15H,6-7,10,13H2,1-5H3. The maximum absolute atomic E-state index is 5.24. The van der Waals surface area contributed by atoms with Crippen LogP contribution in [0.25, 0.3) is 34.0 Å². The van der Waals surface area contributed by atoms with Crippen LogP contribution in [0.2, 0.25) is 0 Å². The number of aromatic nitrogens is 3. The third-order valence-corrected chi connectivity index (χ3v) is 7.37. The molecule has 0 aliphatic rings. The Morgan fingerprint density at radius 3 is 2.17 bits per heavy atom. The zero-order valence-electron chi connectivity index (χ0n) is 18.5. The second kappa shape index (κ2) is 8.86. The Labute approximate surface area is 187 Å². The summed E-state index contributed by atoms with van der Waals surface area (Å²) in [6.45, 7) is 12.0. The highest BCUT2D eigenvalue weighted by atomic mass is 32.1. The molecule has 0 saturated heterocycles. The molecule has 0 radical (unpaired) electrons. The van der Waals surface area contributed by atoms with E-state index in [4.69, 9.17) is 4.98 Å². The molecular weight excluding hydrogens is 406 g/mol. The van der Waals surface area contributed by atoms with Crippen molar-refractivity contribution in [2.75, 3.05) is 0 Å². The van der Waals surface area contributed by atoms with Crippen LogP contribution in [0.3, 0.4) is 0 Å². The normalized spacial score (nSPS) is 11.4. The number of thiophene rings is 2. The molecule has 30 heavy (non-hydrogen) atoms. The number of hydrogen-bond donors (Lipinski definition) is 0. The van der Waals surface area contributed by atoms with Crippen molar-refractivity contribution in [2.24, 2.45) is 0 Å². The molecule has 4 aromatic rings. The van der Waals surface area contributed by atoms with Crippen LogP contribution in [0.1, 0.15) is 45.7 Å². The Hall–Kier alpha value is -2.24. The summed E-state index contributed by atoms with van der Waals surface area (Å²) in [6, 6.07) is 10.7. The molecule has 0 spiro atoms. The van der Waals surface area contributed by atoms with E-state index in [0.717, 1.165) is 30.2 Å². The molecule has 0 amide bonds. The lowest BCUT2D eigenvalue weighted by Crippen LogP contribution is -2.04. The van der Waals surface area contributed by atoms with Gasteiger partial charge in [-0.25, -0.2) is 4.98 Å². The van der Waals surface area contributed by atoms with E-state index in [0.29, 0.717) is 0 Å². The summed E-state index contributed by atoms with van der Waals surface area (Å²) in [7, 11) is 0. The summed E-state index contributed by atoms with van der Waals surface area (Å²) < 4.78 is 2.42. The van der Waals surface area contributed by atoms with Gasteiger partial charge < -0.3 is 4.57 Å². The molecule has 0 aromatic carbocycles. The fraction of sp³-hybridized carbons (Fsp3) is 0.360. The van der Waals surface area contributed by atoms with Crippen molar-refractivity contribution in [3.8, 4) is 34.0 Å². The number of rotatable bonds is 7.